The van der Waals surface area contributed by atoms with Crippen LogP contribution in [0.15, 0.2) is 33.2 Å². The number of thiophene rings is 2. The maximum atomic E-state index is 12.4. The van der Waals surface area contributed by atoms with Crippen LogP contribution in [0.1, 0.15) is 36.2 Å². The molecule has 0 amide bonds. The molecule has 0 radical (unpaired) electrons. The fraction of sp³-hybridized carbons (Fsp3) is 0.429. The summed E-state index contributed by atoms with van der Waals surface area (Å²) in [6.07, 6.45) is 2.46. The van der Waals surface area contributed by atoms with Crippen molar-refractivity contribution in [1.29, 1.82) is 0 Å². The van der Waals surface area contributed by atoms with E-state index in [0.29, 0.717) is 10.3 Å². The SMILES string of the molecule is CC(NS(=O)(=O)c1cc(CNC2CC2)cs1)c1cccs1. The van der Waals surface area contributed by atoms with Gasteiger partial charge < -0.3 is 5.32 Å². The Labute approximate surface area is 133 Å². The molecule has 114 valence electrons. The van der Waals surface area contributed by atoms with Crippen LogP contribution in [-0.2, 0) is 16.6 Å². The zero-order valence-electron chi connectivity index (χ0n) is 11.7. The van der Waals surface area contributed by atoms with E-state index in [1.54, 1.807) is 17.4 Å². The smallest absolute Gasteiger partial charge is 0.250 e. The zero-order chi connectivity index (χ0) is 14.9. The molecule has 21 heavy (non-hydrogen) atoms. The van der Waals surface area contributed by atoms with E-state index >= 15 is 0 Å². The predicted octanol–water partition coefficient (Wildman–Crippen LogP) is 3.10. The number of hydrogen-bond acceptors (Lipinski definition) is 5. The molecule has 2 aromatic rings. The summed E-state index contributed by atoms with van der Waals surface area (Å²) in [7, 11) is -3.44. The van der Waals surface area contributed by atoms with Crippen molar-refractivity contribution in [1.82, 2.24) is 10.0 Å². The predicted molar refractivity (Wildman–Crippen MR) is 87.2 cm³/mol. The summed E-state index contributed by atoms with van der Waals surface area (Å²) in [5.74, 6) is 0. The highest BCUT2D eigenvalue weighted by Crippen LogP contribution is 2.25. The molecule has 1 saturated carbocycles. The van der Waals surface area contributed by atoms with E-state index < -0.39 is 10.0 Å². The first kappa shape index (κ1) is 15.2. The first-order chi connectivity index (χ1) is 10.0. The topological polar surface area (TPSA) is 58.2 Å². The molecule has 1 atom stereocenters. The van der Waals surface area contributed by atoms with Gasteiger partial charge in [0, 0.05) is 17.5 Å². The average molecular weight is 343 g/mol. The summed E-state index contributed by atoms with van der Waals surface area (Å²) >= 11 is 2.84. The molecule has 7 heteroatoms. The summed E-state index contributed by atoms with van der Waals surface area (Å²) in [5.41, 5.74) is 1.04. The second-order valence-corrected chi connectivity index (χ2v) is 9.12. The van der Waals surface area contributed by atoms with E-state index in [1.165, 1.54) is 24.2 Å². The molecule has 0 aromatic carbocycles. The fourth-order valence-electron chi connectivity index (χ4n) is 2.02. The largest absolute Gasteiger partial charge is 0.310 e. The van der Waals surface area contributed by atoms with E-state index in [0.717, 1.165) is 17.0 Å². The molecule has 2 aromatic heterocycles. The Morgan fingerprint density at radius 2 is 2.19 bits per heavy atom. The second kappa shape index (κ2) is 6.18. The summed E-state index contributed by atoms with van der Waals surface area (Å²) in [4.78, 5) is 1.02. The van der Waals surface area contributed by atoms with Crippen LogP contribution in [0.5, 0.6) is 0 Å². The van der Waals surface area contributed by atoms with Crippen molar-refractivity contribution in [3.63, 3.8) is 0 Å². The van der Waals surface area contributed by atoms with Crippen molar-refractivity contribution in [2.45, 2.75) is 42.6 Å². The molecular weight excluding hydrogens is 324 g/mol. The van der Waals surface area contributed by atoms with Gasteiger partial charge in [0.2, 0.25) is 0 Å². The van der Waals surface area contributed by atoms with Crippen molar-refractivity contribution in [3.05, 3.63) is 39.4 Å². The van der Waals surface area contributed by atoms with E-state index in [4.69, 9.17) is 0 Å². The van der Waals surface area contributed by atoms with Gasteiger partial charge in [-0.05, 0) is 48.2 Å². The maximum absolute atomic E-state index is 12.4. The number of hydrogen-bond donors (Lipinski definition) is 2. The Kier molecular flexibility index (Phi) is 4.46. The standard InChI is InChI=1S/C14H18N2O2S3/c1-10(13-3-2-6-19-13)16-21(17,18)14-7-11(9-20-14)8-15-12-4-5-12/h2-3,6-7,9-10,12,15-16H,4-5,8H2,1H3. The summed E-state index contributed by atoms with van der Waals surface area (Å²) < 4.78 is 27.9. The Balaban J connectivity index is 1.66. The Bertz CT molecular complexity index is 688. The normalized spacial score (nSPS) is 17.0. The van der Waals surface area contributed by atoms with Crippen LogP contribution in [-0.4, -0.2) is 14.5 Å². The first-order valence-corrected chi connectivity index (χ1v) is 10.2. The molecular formula is C14H18N2O2S3. The molecule has 1 aliphatic carbocycles. The van der Waals surface area contributed by atoms with Gasteiger partial charge in [-0.1, -0.05) is 6.07 Å². The summed E-state index contributed by atoms with van der Waals surface area (Å²) in [6, 6.07) is 6.06. The highest BCUT2D eigenvalue weighted by molar-refractivity contribution is 7.91. The van der Waals surface area contributed by atoms with Crippen LogP contribution >= 0.6 is 22.7 Å². The van der Waals surface area contributed by atoms with Gasteiger partial charge in [0.1, 0.15) is 4.21 Å². The average Bonchev–Trinajstić information content (AvgIpc) is 2.96. The van der Waals surface area contributed by atoms with Gasteiger partial charge in [0.15, 0.2) is 0 Å². The van der Waals surface area contributed by atoms with Crippen molar-refractivity contribution >= 4 is 32.7 Å². The molecule has 0 spiro atoms. The number of nitrogens with one attached hydrogen (secondary N) is 2. The van der Waals surface area contributed by atoms with Crippen LogP contribution in [0.3, 0.4) is 0 Å². The minimum absolute atomic E-state index is 0.204. The quantitative estimate of drug-likeness (QED) is 0.813. The van der Waals surface area contributed by atoms with Gasteiger partial charge in [0.25, 0.3) is 10.0 Å². The van der Waals surface area contributed by atoms with Gasteiger partial charge in [-0.2, -0.15) is 0 Å². The summed E-state index contributed by atoms with van der Waals surface area (Å²) in [6.45, 7) is 2.61. The molecule has 1 aliphatic rings. The second-order valence-electron chi connectivity index (χ2n) is 5.29. The van der Waals surface area contributed by atoms with Crippen LogP contribution in [0.4, 0.5) is 0 Å². The van der Waals surface area contributed by atoms with Crippen LogP contribution in [0.25, 0.3) is 0 Å². The maximum Gasteiger partial charge on any atom is 0.250 e. The van der Waals surface area contributed by atoms with Crippen LogP contribution in [0.2, 0.25) is 0 Å². The van der Waals surface area contributed by atoms with Gasteiger partial charge in [-0.25, -0.2) is 13.1 Å². The lowest BCUT2D eigenvalue weighted by Crippen LogP contribution is -2.25. The zero-order valence-corrected chi connectivity index (χ0v) is 14.2. The fourth-order valence-corrected chi connectivity index (χ4v) is 5.28. The first-order valence-electron chi connectivity index (χ1n) is 6.91. The minimum atomic E-state index is -3.44. The van der Waals surface area contributed by atoms with Crippen molar-refractivity contribution in [2.75, 3.05) is 0 Å². The lowest BCUT2D eigenvalue weighted by atomic mass is 10.3. The lowest BCUT2D eigenvalue weighted by Gasteiger charge is -2.11. The monoisotopic (exact) mass is 342 g/mol. The Hall–Kier alpha value is -0.730. The molecule has 4 nitrogen and oxygen atoms in total. The molecule has 0 saturated heterocycles. The van der Waals surface area contributed by atoms with Crippen molar-refractivity contribution in [2.24, 2.45) is 0 Å². The van der Waals surface area contributed by atoms with E-state index in [1.807, 2.05) is 29.8 Å². The minimum Gasteiger partial charge on any atom is -0.310 e. The van der Waals surface area contributed by atoms with Crippen LogP contribution in [0, 0.1) is 0 Å². The molecule has 1 unspecified atom stereocenters. The van der Waals surface area contributed by atoms with E-state index in [-0.39, 0.29) is 6.04 Å². The summed E-state index contributed by atoms with van der Waals surface area (Å²) in [5, 5.41) is 7.26. The Morgan fingerprint density at radius 3 is 2.86 bits per heavy atom. The van der Waals surface area contributed by atoms with Gasteiger partial charge >= 0.3 is 0 Å². The molecule has 2 heterocycles. The van der Waals surface area contributed by atoms with Crippen molar-refractivity contribution in [3.8, 4) is 0 Å². The third-order valence-electron chi connectivity index (χ3n) is 3.37. The molecule has 0 bridgehead atoms. The Morgan fingerprint density at radius 1 is 1.38 bits per heavy atom. The molecule has 3 rings (SSSR count). The van der Waals surface area contributed by atoms with E-state index in [2.05, 4.69) is 10.0 Å². The lowest BCUT2D eigenvalue weighted by molar-refractivity contribution is 0.570. The highest BCUT2D eigenvalue weighted by Gasteiger charge is 2.22. The van der Waals surface area contributed by atoms with Crippen molar-refractivity contribution < 1.29 is 8.42 Å². The molecule has 2 N–H and O–H groups in total. The number of rotatable bonds is 7. The van der Waals surface area contributed by atoms with E-state index in [9.17, 15) is 8.42 Å². The third kappa shape index (κ3) is 3.92. The molecule has 1 fully saturated rings. The third-order valence-corrected chi connectivity index (χ3v) is 7.45. The van der Waals surface area contributed by atoms with Gasteiger partial charge in [0.05, 0.1) is 6.04 Å². The number of sulfonamides is 1. The van der Waals surface area contributed by atoms with Gasteiger partial charge in [-0.3, -0.25) is 0 Å². The molecule has 0 aliphatic heterocycles. The highest BCUT2D eigenvalue weighted by atomic mass is 32.2. The van der Waals surface area contributed by atoms with Crippen LogP contribution < -0.4 is 10.0 Å². The van der Waals surface area contributed by atoms with Gasteiger partial charge in [-0.15, -0.1) is 22.7 Å².